The molecule has 1 aromatic rings. The van der Waals surface area contributed by atoms with Gasteiger partial charge in [-0.2, -0.15) is 0 Å². The fraction of sp³-hybridized carbons (Fsp3) is 0.588. The number of hydrogen-bond acceptors (Lipinski definition) is 4. The monoisotopic (exact) mass is 306 g/mol. The molecule has 0 bridgehead atoms. The molecular formula is C17H26N2O3. The molecule has 5 heteroatoms. The topological polar surface area (TPSA) is 64.8 Å². The van der Waals surface area contributed by atoms with E-state index in [1.165, 1.54) is 0 Å². The molecule has 1 amide bonds. The second-order valence-corrected chi connectivity index (χ2v) is 6.63. The third-order valence-corrected chi connectivity index (χ3v) is 4.46. The van der Waals surface area contributed by atoms with E-state index in [-0.39, 0.29) is 17.9 Å². The third kappa shape index (κ3) is 2.54. The van der Waals surface area contributed by atoms with E-state index in [1.54, 1.807) is 14.2 Å². The maximum atomic E-state index is 12.8. The Hall–Kier alpha value is -1.75. The number of hydrogen-bond donors (Lipinski definition) is 1. The van der Waals surface area contributed by atoms with Crippen molar-refractivity contribution in [2.75, 3.05) is 19.1 Å². The van der Waals surface area contributed by atoms with Crippen molar-refractivity contribution in [3.05, 3.63) is 17.7 Å². The number of ether oxygens (including phenoxy) is 2. The summed E-state index contributed by atoms with van der Waals surface area (Å²) in [7, 11) is 3.20. The Balaban J connectivity index is 2.65. The van der Waals surface area contributed by atoms with Gasteiger partial charge in [0, 0.05) is 18.0 Å². The number of anilines is 1. The Morgan fingerprint density at radius 3 is 2.32 bits per heavy atom. The molecule has 122 valence electrons. The number of fused-ring (bicyclic) bond motifs is 1. The Morgan fingerprint density at radius 1 is 1.27 bits per heavy atom. The summed E-state index contributed by atoms with van der Waals surface area (Å²) in [4.78, 5) is 14.6. The predicted molar refractivity (Wildman–Crippen MR) is 87.6 cm³/mol. The zero-order valence-electron chi connectivity index (χ0n) is 14.3. The summed E-state index contributed by atoms with van der Waals surface area (Å²) in [5, 5.41) is 0. The van der Waals surface area contributed by atoms with Crippen LogP contribution in [0.1, 0.15) is 33.3 Å². The second-order valence-electron chi connectivity index (χ2n) is 6.63. The Bertz CT molecular complexity index is 582. The summed E-state index contributed by atoms with van der Waals surface area (Å²) in [6.07, 6.45) is 0.699. The highest BCUT2D eigenvalue weighted by Crippen LogP contribution is 2.43. The molecule has 2 N–H and O–H groups in total. The number of rotatable bonds is 3. The first-order valence-corrected chi connectivity index (χ1v) is 7.58. The van der Waals surface area contributed by atoms with Gasteiger partial charge >= 0.3 is 0 Å². The molecule has 0 aliphatic carbocycles. The van der Waals surface area contributed by atoms with E-state index in [4.69, 9.17) is 15.2 Å². The van der Waals surface area contributed by atoms with E-state index in [9.17, 15) is 4.79 Å². The molecule has 5 nitrogen and oxygen atoms in total. The highest BCUT2D eigenvalue weighted by atomic mass is 16.5. The quantitative estimate of drug-likeness (QED) is 0.931. The molecule has 0 radical (unpaired) electrons. The average Bonchev–Trinajstić information content (AvgIpc) is 2.46. The molecule has 1 aliphatic heterocycles. The summed E-state index contributed by atoms with van der Waals surface area (Å²) in [5.41, 5.74) is 7.78. The summed E-state index contributed by atoms with van der Waals surface area (Å²) in [6, 6.07) is 3.66. The molecule has 1 aliphatic rings. The van der Waals surface area contributed by atoms with E-state index in [2.05, 4.69) is 0 Å². The van der Waals surface area contributed by atoms with Crippen molar-refractivity contribution in [3.63, 3.8) is 0 Å². The van der Waals surface area contributed by atoms with Gasteiger partial charge in [0.05, 0.1) is 25.4 Å². The average molecular weight is 306 g/mol. The maximum Gasteiger partial charge on any atom is 0.230 e. The van der Waals surface area contributed by atoms with Gasteiger partial charge in [-0.25, -0.2) is 0 Å². The van der Waals surface area contributed by atoms with Gasteiger partial charge in [-0.3, -0.25) is 4.79 Å². The molecule has 0 aromatic heterocycles. The normalized spacial score (nSPS) is 19.8. The molecule has 1 atom stereocenters. The van der Waals surface area contributed by atoms with Crippen molar-refractivity contribution >= 4 is 11.6 Å². The van der Waals surface area contributed by atoms with Crippen LogP contribution in [-0.2, 0) is 11.2 Å². The van der Waals surface area contributed by atoms with Crippen molar-refractivity contribution in [1.82, 2.24) is 0 Å². The fourth-order valence-electron chi connectivity index (χ4n) is 2.91. The molecule has 0 saturated carbocycles. The van der Waals surface area contributed by atoms with E-state index in [1.807, 2.05) is 44.7 Å². The summed E-state index contributed by atoms with van der Waals surface area (Å²) in [5.74, 6) is 1.23. The van der Waals surface area contributed by atoms with Gasteiger partial charge in [0.15, 0.2) is 11.5 Å². The van der Waals surface area contributed by atoms with Crippen molar-refractivity contribution in [2.45, 2.75) is 45.7 Å². The lowest BCUT2D eigenvalue weighted by atomic mass is 9.81. The Kier molecular flexibility index (Phi) is 4.38. The third-order valence-electron chi connectivity index (χ3n) is 4.46. The molecule has 1 unspecified atom stereocenters. The highest BCUT2D eigenvalue weighted by molar-refractivity contribution is 5.98. The maximum absolute atomic E-state index is 12.8. The van der Waals surface area contributed by atoms with Crippen LogP contribution in [0.5, 0.6) is 11.5 Å². The van der Waals surface area contributed by atoms with Gasteiger partial charge in [0.2, 0.25) is 5.91 Å². The Labute approximate surface area is 132 Å². The van der Waals surface area contributed by atoms with Gasteiger partial charge in [-0.1, -0.05) is 13.8 Å². The van der Waals surface area contributed by atoms with Crippen LogP contribution in [0, 0.1) is 5.92 Å². The minimum atomic E-state index is -0.450. The molecule has 0 fully saturated rings. The Morgan fingerprint density at radius 2 is 1.82 bits per heavy atom. The SMILES string of the molecule is COc1cc2c(cc1OC)N(C(=O)C(C)C)C(C)(C)C(N)C2. The lowest BCUT2D eigenvalue weighted by molar-refractivity contribution is -0.122. The van der Waals surface area contributed by atoms with Crippen LogP contribution in [-0.4, -0.2) is 31.7 Å². The first-order chi connectivity index (χ1) is 10.2. The largest absolute Gasteiger partial charge is 0.493 e. The van der Waals surface area contributed by atoms with Gasteiger partial charge < -0.3 is 20.1 Å². The molecule has 0 saturated heterocycles. The number of nitrogens with zero attached hydrogens (tertiary/aromatic N) is 1. The molecule has 1 aromatic carbocycles. The van der Waals surface area contributed by atoms with Gasteiger partial charge in [0.1, 0.15) is 0 Å². The van der Waals surface area contributed by atoms with E-state index >= 15 is 0 Å². The van der Waals surface area contributed by atoms with Crippen molar-refractivity contribution in [1.29, 1.82) is 0 Å². The number of carbonyl (C=O) groups excluding carboxylic acids is 1. The summed E-state index contributed by atoms with van der Waals surface area (Å²) < 4.78 is 10.8. The predicted octanol–water partition coefficient (Wildman–Crippen LogP) is 2.35. The molecule has 2 rings (SSSR count). The van der Waals surface area contributed by atoms with Crippen LogP contribution >= 0.6 is 0 Å². The van der Waals surface area contributed by atoms with Crippen LogP contribution in [0.15, 0.2) is 12.1 Å². The molecular weight excluding hydrogens is 280 g/mol. The van der Waals surface area contributed by atoms with E-state index in [0.717, 1.165) is 11.3 Å². The number of amides is 1. The van der Waals surface area contributed by atoms with E-state index < -0.39 is 5.54 Å². The van der Waals surface area contributed by atoms with Crippen molar-refractivity contribution < 1.29 is 14.3 Å². The van der Waals surface area contributed by atoms with Crippen molar-refractivity contribution in [3.8, 4) is 11.5 Å². The van der Waals surface area contributed by atoms with Gasteiger partial charge in [-0.15, -0.1) is 0 Å². The lowest BCUT2D eigenvalue weighted by Gasteiger charge is -2.48. The number of methoxy groups -OCH3 is 2. The molecule has 1 heterocycles. The minimum Gasteiger partial charge on any atom is -0.493 e. The molecule has 22 heavy (non-hydrogen) atoms. The van der Waals surface area contributed by atoms with Gasteiger partial charge in [0.25, 0.3) is 0 Å². The fourth-order valence-corrected chi connectivity index (χ4v) is 2.91. The van der Waals surface area contributed by atoms with Crippen LogP contribution in [0.3, 0.4) is 0 Å². The van der Waals surface area contributed by atoms with Crippen molar-refractivity contribution in [2.24, 2.45) is 11.7 Å². The lowest BCUT2D eigenvalue weighted by Crippen LogP contribution is -2.62. The zero-order chi connectivity index (χ0) is 16.7. The minimum absolute atomic E-state index is 0.0635. The van der Waals surface area contributed by atoms with E-state index in [0.29, 0.717) is 17.9 Å². The smallest absolute Gasteiger partial charge is 0.230 e. The zero-order valence-corrected chi connectivity index (χ0v) is 14.3. The number of benzene rings is 1. The number of nitrogens with two attached hydrogens (primary N) is 1. The van der Waals surface area contributed by atoms with Crippen LogP contribution in [0.4, 0.5) is 5.69 Å². The van der Waals surface area contributed by atoms with Gasteiger partial charge in [-0.05, 0) is 31.9 Å². The van der Waals surface area contributed by atoms with Crippen LogP contribution in [0.25, 0.3) is 0 Å². The standard InChI is InChI=1S/C17H26N2O3/c1-10(2)16(20)19-12-9-14(22-6)13(21-5)7-11(12)8-15(18)17(19,3)4/h7,9-10,15H,8,18H2,1-6H3. The summed E-state index contributed by atoms with van der Waals surface area (Å²) >= 11 is 0. The first-order valence-electron chi connectivity index (χ1n) is 7.58. The first kappa shape index (κ1) is 16.6. The second kappa shape index (κ2) is 5.80. The molecule has 0 spiro atoms. The van der Waals surface area contributed by atoms with Crippen LogP contribution < -0.4 is 20.1 Å². The summed E-state index contributed by atoms with van der Waals surface area (Å²) in [6.45, 7) is 7.83. The van der Waals surface area contributed by atoms with Crippen LogP contribution in [0.2, 0.25) is 0 Å². The highest BCUT2D eigenvalue weighted by Gasteiger charge is 2.43. The number of carbonyl (C=O) groups is 1.